The van der Waals surface area contributed by atoms with E-state index in [4.69, 9.17) is 4.74 Å². The lowest BCUT2D eigenvalue weighted by molar-refractivity contribution is -0.0724. The quantitative estimate of drug-likeness (QED) is 0.825. The van der Waals surface area contributed by atoms with Crippen molar-refractivity contribution in [2.24, 2.45) is 0 Å². The van der Waals surface area contributed by atoms with E-state index in [-0.39, 0.29) is 0 Å². The van der Waals surface area contributed by atoms with E-state index >= 15 is 0 Å². The van der Waals surface area contributed by atoms with Crippen molar-refractivity contribution in [2.75, 3.05) is 53.4 Å². The molecule has 0 radical (unpaired) electrons. The van der Waals surface area contributed by atoms with Gasteiger partial charge in [0.25, 0.3) is 0 Å². The zero-order chi connectivity index (χ0) is 15.4. The summed E-state index contributed by atoms with van der Waals surface area (Å²) in [6, 6.07) is 5.02. The molecule has 3 rings (SSSR count). The number of hydrogen-bond acceptors (Lipinski definition) is 5. The molecule has 22 heavy (non-hydrogen) atoms. The Kier molecular flexibility index (Phi) is 5.88. The van der Waals surface area contributed by atoms with Crippen LogP contribution < -0.4 is 0 Å². The average molecular weight is 324 g/mol. The minimum absolute atomic E-state index is 0.434. The lowest BCUT2D eigenvalue weighted by Gasteiger charge is -2.40. The van der Waals surface area contributed by atoms with Crippen LogP contribution in [0.25, 0.3) is 0 Å². The van der Waals surface area contributed by atoms with Crippen LogP contribution in [0.3, 0.4) is 0 Å². The first kappa shape index (κ1) is 16.4. The first-order valence-electron chi connectivity index (χ1n) is 8.47. The zero-order valence-corrected chi connectivity index (χ0v) is 14.7. The van der Waals surface area contributed by atoms with Crippen molar-refractivity contribution in [1.29, 1.82) is 0 Å². The molecule has 0 aromatic carbocycles. The Morgan fingerprint density at radius 3 is 2.91 bits per heavy atom. The second-order valence-corrected chi connectivity index (χ2v) is 7.78. The first-order valence-corrected chi connectivity index (χ1v) is 9.35. The molecule has 2 atom stereocenters. The summed E-state index contributed by atoms with van der Waals surface area (Å²) in [4.78, 5) is 9.04. The zero-order valence-electron chi connectivity index (χ0n) is 13.9. The summed E-state index contributed by atoms with van der Waals surface area (Å²) in [6.07, 6.45) is 2.85. The number of likely N-dealkylation sites (tertiary alicyclic amines) is 1. The van der Waals surface area contributed by atoms with Gasteiger partial charge in [-0.15, -0.1) is 11.3 Å². The van der Waals surface area contributed by atoms with Crippen LogP contribution >= 0.6 is 11.3 Å². The largest absolute Gasteiger partial charge is 0.375 e. The Bertz CT molecular complexity index is 437. The summed E-state index contributed by atoms with van der Waals surface area (Å²) in [5.41, 5.74) is 0. The molecule has 0 bridgehead atoms. The van der Waals surface area contributed by atoms with Crippen molar-refractivity contribution >= 4 is 11.3 Å². The Balaban J connectivity index is 1.56. The minimum atomic E-state index is 0.434. The summed E-state index contributed by atoms with van der Waals surface area (Å²) in [7, 11) is 4.32. The van der Waals surface area contributed by atoms with E-state index in [9.17, 15) is 0 Å². The summed E-state index contributed by atoms with van der Waals surface area (Å²) >= 11 is 1.87. The molecule has 2 saturated heterocycles. The minimum Gasteiger partial charge on any atom is -0.375 e. The maximum atomic E-state index is 6.10. The van der Waals surface area contributed by atoms with Gasteiger partial charge >= 0.3 is 0 Å². The van der Waals surface area contributed by atoms with Crippen LogP contribution in [-0.4, -0.2) is 80.3 Å². The lowest BCUT2D eigenvalue weighted by Crippen LogP contribution is -2.52. The standard InChI is InChI=1S/C17H29N3OS/c1-18(2)9-10-20-11-12-21-17-6-8-19(7-5-16(17)20)14-15-4-3-13-22-15/h3-4,13,16-17H,5-12,14H2,1-2H3/t16-,17+/m0/s1. The molecule has 124 valence electrons. The molecule has 0 N–H and O–H groups in total. The topological polar surface area (TPSA) is 19.0 Å². The molecule has 1 aromatic rings. The van der Waals surface area contributed by atoms with Gasteiger partial charge in [-0.1, -0.05) is 6.07 Å². The van der Waals surface area contributed by atoms with Gasteiger partial charge < -0.3 is 9.64 Å². The van der Waals surface area contributed by atoms with Crippen LogP contribution in [-0.2, 0) is 11.3 Å². The average Bonchev–Trinajstić information content (AvgIpc) is 2.92. The van der Waals surface area contributed by atoms with E-state index in [0.29, 0.717) is 12.1 Å². The summed E-state index contributed by atoms with van der Waals surface area (Å²) in [6.45, 7) is 7.78. The fraction of sp³-hybridized carbons (Fsp3) is 0.765. The number of thiophene rings is 1. The molecular weight excluding hydrogens is 294 g/mol. The Morgan fingerprint density at radius 2 is 2.14 bits per heavy atom. The fourth-order valence-electron chi connectivity index (χ4n) is 3.60. The number of hydrogen-bond donors (Lipinski definition) is 0. The van der Waals surface area contributed by atoms with Gasteiger partial charge in [-0.2, -0.15) is 0 Å². The third-order valence-electron chi connectivity index (χ3n) is 4.87. The second kappa shape index (κ2) is 7.88. The van der Waals surface area contributed by atoms with Crippen LogP contribution in [0, 0.1) is 0 Å². The third kappa shape index (κ3) is 4.30. The van der Waals surface area contributed by atoms with Gasteiger partial charge in [0, 0.05) is 50.2 Å². The smallest absolute Gasteiger partial charge is 0.0743 e. The summed E-state index contributed by atoms with van der Waals surface area (Å²) in [5, 5.41) is 2.18. The van der Waals surface area contributed by atoms with E-state index in [0.717, 1.165) is 26.2 Å². The third-order valence-corrected chi connectivity index (χ3v) is 5.73. The summed E-state index contributed by atoms with van der Waals surface area (Å²) in [5.74, 6) is 0. The molecule has 4 nitrogen and oxygen atoms in total. The van der Waals surface area contributed by atoms with Gasteiger partial charge in [-0.25, -0.2) is 0 Å². The molecular formula is C17H29N3OS. The van der Waals surface area contributed by atoms with Crippen LogP contribution in [0.5, 0.6) is 0 Å². The van der Waals surface area contributed by atoms with E-state index in [1.807, 2.05) is 11.3 Å². The highest BCUT2D eigenvalue weighted by Crippen LogP contribution is 2.25. The number of fused-ring (bicyclic) bond motifs is 1. The van der Waals surface area contributed by atoms with Gasteiger partial charge in [0.15, 0.2) is 0 Å². The van der Waals surface area contributed by atoms with Crippen molar-refractivity contribution in [3.8, 4) is 0 Å². The number of morpholine rings is 1. The SMILES string of the molecule is CN(C)CCN1CCO[C@@H]2CCN(Cc3cccs3)CC[C@@H]21. The molecule has 0 saturated carbocycles. The van der Waals surface area contributed by atoms with E-state index in [1.165, 1.54) is 37.4 Å². The predicted octanol–water partition coefficient (Wildman–Crippen LogP) is 1.97. The number of likely N-dealkylation sites (N-methyl/N-ethyl adjacent to an activating group) is 1. The molecule has 2 aliphatic heterocycles. The van der Waals surface area contributed by atoms with Crippen molar-refractivity contribution < 1.29 is 4.74 Å². The molecule has 1 aromatic heterocycles. The second-order valence-electron chi connectivity index (χ2n) is 6.75. The van der Waals surface area contributed by atoms with Crippen molar-refractivity contribution in [3.05, 3.63) is 22.4 Å². The van der Waals surface area contributed by atoms with Crippen molar-refractivity contribution in [3.63, 3.8) is 0 Å². The highest BCUT2D eigenvalue weighted by molar-refractivity contribution is 7.09. The van der Waals surface area contributed by atoms with E-state index in [1.54, 1.807) is 0 Å². The normalized spacial score (nSPS) is 27.8. The maximum Gasteiger partial charge on any atom is 0.0743 e. The Morgan fingerprint density at radius 1 is 1.27 bits per heavy atom. The summed E-state index contributed by atoms with van der Waals surface area (Å²) < 4.78 is 6.10. The van der Waals surface area contributed by atoms with Gasteiger partial charge in [-0.05, 0) is 38.4 Å². The molecule has 0 amide bonds. The van der Waals surface area contributed by atoms with Crippen molar-refractivity contribution in [1.82, 2.24) is 14.7 Å². The monoisotopic (exact) mass is 323 g/mol. The molecule has 0 unspecified atom stereocenters. The molecule has 2 aliphatic rings. The number of nitrogens with zero attached hydrogens (tertiary/aromatic N) is 3. The van der Waals surface area contributed by atoms with Gasteiger partial charge in [-0.3, -0.25) is 9.80 Å². The van der Waals surface area contributed by atoms with Gasteiger partial charge in [0.2, 0.25) is 0 Å². The highest BCUT2D eigenvalue weighted by atomic mass is 32.1. The molecule has 2 fully saturated rings. The molecule has 3 heterocycles. The fourth-order valence-corrected chi connectivity index (χ4v) is 4.35. The van der Waals surface area contributed by atoms with E-state index in [2.05, 4.69) is 46.3 Å². The van der Waals surface area contributed by atoms with Gasteiger partial charge in [0.05, 0.1) is 12.7 Å². The Hall–Kier alpha value is -0.460. The number of ether oxygens (including phenoxy) is 1. The van der Waals surface area contributed by atoms with Crippen molar-refractivity contribution in [2.45, 2.75) is 31.5 Å². The van der Waals surface area contributed by atoms with E-state index < -0.39 is 0 Å². The van der Waals surface area contributed by atoms with Gasteiger partial charge in [0.1, 0.15) is 0 Å². The molecule has 0 aliphatic carbocycles. The number of rotatable bonds is 5. The highest BCUT2D eigenvalue weighted by Gasteiger charge is 2.34. The molecule has 5 heteroatoms. The molecule has 0 spiro atoms. The van der Waals surface area contributed by atoms with Crippen LogP contribution in [0.15, 0.2) is 17.5 Å². The van der Waals surface area contributed by atoms with Crippen LogP contribution in [0.2, 0.25) is 0 Å². The maximum absolute atomic E-state index is 6.10. The predicted molar refractivity (Wildman–Crippen MR) is 92.5 cm³/mol. The van der Waals surface area contributed by atoms with Crippen LogP contribution in [0.1, 0.15) is 17.7 Å². The van der Waals surface area contributed by atoms with Crippen LogP contribution in [0.4, 0.5) is 0 Å². The Labute approximate surface area is 138 Å². The first-order chi connectivity index (χ1) is 10.7. The lowest BCUT2D eigenvalue weighted by atomic mass is 10.0.